The normalized spacial score (nSPS) is 10.6. The summed E-state index contributed by atoms with van der Waals surface area (Å²) in [5, 5.41) is 3.39. The van der Waals surface area contributed by atoms with Gasteiger partial charge < -0.3 is 15.0 Å². The SMILES string of the molecule is Cc1ccccc1Oc1ccccc1NC(=O)C(=O)c1c[nH]c2ccccc12. The zero-order chi connectivity index (χ0) is 19.5. The molecule has 5 nitrogen and oxygen atoms in total. The molecule has 4 rings (SSSR count). The van der Waals surface area contributed by atoms with E-state index in [4.69, 9.17) is 4.74 Å². The van der Waals surface area contributed by atoms with E-state index in [9.17, 15) is 9.59 Å². The molecule has 5 heteroatoms. The predicted molar refractivity (Wildman–Crippen MR) is 109 cm³/mol. The molecule has 138 valence electrons. The van der Waals surface area contributed by atoms with E-state index in [1.165, 1.54) is 0 Å². The van der Waals surface area contributed by atoms with Crippen molar-refractivity contribution in [2.45, 2.75) is 6.92 Å². The van der Waals surface area contributed by atoms with Crippen LogP contribution in [0.25, 0.3) is 10.9 Å². The van der Waals surface area contributed by atoms with Gasteiger partial charge in [0, 0.05) is 17.1 Å². The number of Topliss-reactive ketones (excluding diaryl/α,β-unsaturated/α-hetero) is 1. The summed E-state index contributed by atoms with van der Waals surface area (Å²) in [5.41, 5.74) is 2.55. The fraction of sp³-hybridized carbons (Fsp3) is 0.0435. The first-order valence-electron chi connectivity index (χ1n) is 8.88. The Hall–Kier alpha value is -3.86. The van der Waals surface area contributed by atoms with Gasteiger partial charge in [-0.25, -0.2) is 0 Å². The van der Waals surface area contributed by atoms with Crippen LogP contribution >= 0.6 is 0 Å². The summed E-state index contributed by atoms with van der Waals surface area (Å²) in [5.74, 6) is -0.169. The largest absolute Gasteiger partial charge is 0.455 e. The molecule has 0 aliphatic carbocycles. The molecule has 0 radical (unpaired) electrons. The standard InChI is InChI=1S/C23H18N2O3/c1-15-8-2-6-12-20(15)28-21-13-7-5-11-19(21)25-23(27)22(26)17-14-24-18-10-4-3-9-16(17)18/h2-14,24H,1H3,(H,25,27). The highest BCUT2D eigenvalue weighted by atomic mass is 16.5. The molecule has 0 fully saturated rings. The van der Waals surface area contributed by atoms with Crippen LogP contribution in [0.2, 0.25) is 0 Å². The zero-order valence-corrected chi connectivity index (χ0v) is 15.2. The van der Waals surface area contributed by atoms with Crippen LogP contribution in [-0.4, -0.2) is 16.7 Å². The summed E-state index contributed by atoms with van der Waals surface area (Å²) in [6, 6.07) is 22.0. The highest BCUT2D eigenvalue weighted by Gasteiger charge is 2.21. The van der Waals surface area contributed by atoms with Crippen molar-refractivity contribution in [2.24, 2.45) is 0 Å². The lowest BCUT2D eigenvalue weighted by Crippen LogP contribution is -2.22. The van der Waals surface area contributed by atoms with Crippen molar-refractivity contribution in [3.8, 4) is 11.5 Å². The minimum atomic E-state index is -0.717. The maximum Gasteiger partial charge on any atom is 0.296 e. The lowest BCUT2D eigenvalue weighted by Gasteiger charge is -2.13. The predicted octanol–water partition coefficient (Wildman–Crippen LogP) is 5.09. The molecule has 0 bridgehead atoms. The molecule has 28 heavy (non-hydrogen) atoms. The first-order chi connectivity index (χ1) is 13.6. The number of rotatable bonds is 5. The van der Waals surface area contributed by atoms with Crippen molar-refractivity contribution in [3.05, 3.63) is 90.1 Å². The van der Waals surface area contributed by atoms with Crippen molar-refractivity contribution in [1.29, 1.82) is 0 Å². The van der Waals surface area contributed by atoms with Gasteiger partial charge in [-0.15, -0.1) is 0 Å². The lowest BCUT2D eigenvalue weighted by atomic mass is 10.1. The number of para-hydroxylation sites is 4. The topological polar surface area (TPSA) is 71.2 Å². The van der Waals surface area contributed by atoms with Crippen molar-refractivity contribution in [2.75, 3.05) is 5.32 Å². The van der Waals surface area contributed by atoms with E-state index in [-0.39, 0.29) is 0 Å². The summed E-state index contributed by atoms with van der Waals surface area (Å²) < 4.78 is 5.95. The summed E-state index contributed by atoms with van der Waals surface area (Å²) in [7, 11) is 0. The first-order valence-corrected chi connectivity index (χ1v) is 8.88. The molecule has 0 saturated carbocycles. The number of nitrogens with one attached hydrogen (secondary N) is 2. The minimum Gasteiger partial charge on any atom is -0.455 e. The minimum absolute atomic E-state index is 0.338. The van der Waals surface area contributed by atoms with Gasteiger partial charge in [0.15, 0.2) is 5.75 Å². The van der Waals surface area contributed by atoms with E-state index in [2.05, 4.69) is 10.3 Å². The monoisotopic (exact) mass is 370 g/mol. The second-order valence-electron chi connectivity index (χ2n) is 6.39. The summed E-state index contributed by atoms with van der Waals surface area (Å²) in [4.78, 5) is 28.3. The molecule has 3 aromatic carbocycles. The average Bonchev–Trinajstić information content (AvgIpc) is 3.14. The van der Waals surface area contributed by atoms with Crippen molar-refractivity contribution in [3.63, 3.8) is 0 Å². The highest BCUT2D eigenvalue weighted by Crippen LogP contribution is 2.31. The van der Waals surface area contributed by atoms with Crippen LogP contribution in [0, 0.1) is 6.92 Å². The number of amides is 1. The van der Waals surface area contributed by atoms with Crippen molar-refractivity contribution in [1.82, 2.24) is 4.98 Å². The van der Waals surface area contributed by atoms with Crippen LogP contribution < -0.4 is 10.1 Å². The van der Waals surface area contributed by atoms with Gasteiger partial charge in [0.25, 0.3) is 11.7 Å². The van der Waals surface area contributed by atoms with Gasteiger partial charge >= 0.3 is 0 Å². The molecule has 0 spiro atoms. The Morgan fingerprint density at radius 3 is 2.36 bits per heavy atom. The lowest BCUT2D eigenvalue weighted by molar-refractivity contribution is -0.112. The van der Waals surface area contributed by atoms with Gasteiger partial charge in [0.1, 0.15) is 5.75 Å². The average molecular weight is 370 g/mol. The zero-order valence-electron chi connectivity index (χ0n) is 15.2. The quantitative estimate of drug-likeness (QED) is 0.380. The number of ketones is 1. The maximum atomic E-state index is 12.7. The van der Waals surface area contributed by atoms with Crippen LogP contribution in [0.5, 0.6) is 11.5 Å². The third-order valence-corrected chi connectivity index (χ3v) is 4.49. The Labute approximate surface area is 162 Å². The molecule has 0 atom stereocenters. The Morgan fingerprint density at radius 1 is 0.857 bits per heavy atom. The van der Waals surface area contributed by atoms with Gasteiger partial charge in [0.05, 0.1) is 11.3 Å². The van der Waals surface area contributed by atoms with E-state index in [1.54, 1.807) is 24.4 Å². The summed E-state index contributed by atoms with van der Waals surface area (Å²) in [6.45, 7) is 1.94. The molecule has 0 aliphatic rings. The van der Waals surface area contributed by atoms with Crippen LogP contribution in [0.3, 0.4) is 0 Å². The van der Waals surface area contributed by atoms with E-state index >= 15 is 0 Å². The number of hydrogen-bond acceptors (Lipinski definition) is 3. The Bertz CT molecular complexity index is 1180. The third-order valence-electron chi connectivity index (χ3n) is 4.49. The number of aryl methyl sites for hydroxylation is 1. The summed E-state index contributed by atoms with van der Waals surface area (Å²) in [6.07, 6.45) is 1.56. The first kappa shape index (κ1) is 17.5. The Morgan fingerprint density at radius 2 is 1.54 bits per heavy atom. The van der Waals surface area contributed by atoms with E-state index in [1.807, 2.05) is 61.5 Å². The third kappa shape index (κ3) is 3.38. The number of hydrogen-bond donors (Lipinski definition) is 2. The van der Waals surface area contributed by atoms with E-state index in [0.29, 0.717) is 28.1 Å². The van der Waals surface area contributed by atoms with Crippen LogP contribution in [0.4, 0.5) is 5.69 Å². The number of ether oxygens (including phenoxy) is 1. The molecule has 0 saturated heterocycles. The summed E-state index contributed by atoms with van der Waals surface area (Å²) >= 11 is 0. The van der Waals surface area contributed by atoms with Gasteiger partial charge in [-0.2, -0.15) is 0 Å². The number of aromatic nitrogens is 1. The maximum absolute atomic E-state index is 12.7. The number of anilines is 1. The number of carbonyl (C=O) groups excluding carboxylic acids is 2. The number of aromatic amines is 1. The molecule has 0 aliphatic heterocycles. The molecule has 2 N–H and O–H groups in total. The van der Waals surface area contributed by atoms with Gasteiger partial charge in [-0.1, -0.05) is 48.5 Å². The second-order valence-corrected chi connectivity index (χ2v) is 6.39. The van der Waals surface area contributed by atoms with Gasteiger partial charge in [-0.05, 0) is 36.8 Å². The van der Waals surface area contributed by atoms with E-state index < -0.39 is 11.7 Å². The van der Waals surface area contributed by atoms with Crippen molar-refractivity contribution < 1.29 is 14.3 Å². The molecule has 4 aromatic rings. The molecule has 1 aromatic heterocycles. The van der Waals surface area contributed by atoms with Crippen LogP contribution in [0.1, 0.15) is 15.9 Å². The molecular weight excluding hydrogens is 352 g/mol. The van der Waals surface area contributed by atoms with E-state index in [0.717, 1.165) is 11.1 Å². The van der Waals surface area contributed by atoms with Gasteiger partial charge in [-0.3, -0.25) is 9.59 Å². The van der Waals surface area contributed by atoms with Gasteiger partial charge in [0.2, 0.25) is 0 Å². The fourth-order valence-corrected chi connectivity index (χ4v) is 3.01. The number of H-pyrrole nitrogens is 1. The van der Waals surface area contributed by atoms with Crippen molar-refractivity contribution >= 4 is 28.3 Å². The second kappa shape index (κ2) is 7.40. The van der Waals surface area contributed by atoms with Crippen LogP contribution in [0.15, 0.2) is 79.0 Å². The molecular formula is C23H18N2O3. The fourth-order valence-electron chi connectivity index (χ4n) is 3.01. The van der Waals surface area contributed by atoms with Crippen LogP contribution in [-0.2, 0) is 4.79 Å². The molecule has 0 unspecified atom stereocenters. The number of benzene rings is 3. The molecule has 1 amide bonds. The highest BCUT2D eigenvalue weighted by molar-refractivity contribution is 6.48. The Kier molecular flexibility index (Phi) is 4.64. The number of fused-ring (bicyclic) bond motifs is 1. The Balaban J connectivity index is 1.58. The molecule has 1 heterocycles. The number of carbonyl (C=O) groups is 2. The smallest absolute Gasteiger partial charge is 0.296 e.